The second-order valence-corrected chi connectivity index (χ2v) is 7.58. The lowest BCUT2D eigenvalue weighted by Gasteiger charge is -2.20. The highest BCUT2D eigenvalue weighted by Gasteiger charge is 2.15. The van der Waals surface area contributed by atoms with Crippen molar-refractivity contribution in [3.05, 3.63) is 47.7 Å². The lowest BCUT2D eigenvalue weighted by molar-refractivity contribution is 0.287. The molecular formula is C24H36IN5O2. The number of ether oxygens (including phenoxy) is 2. The highest BCUT2D eigenvalue weighted by atomic mass is 127. The van der Waals surface area contributed by atoms with Crippen LogP contribution in [0.2, 0.25) is 0 Å². The zero-order valence-electron chi connectivity index (χ0n) is 19.6. The van der Waals surface area contributed by atoms with E-state index >= 15 is 0 Å². The zero-order chi connectivity index (χ0) is 22.1. The van der Waals surface area contributed by atoms with Gasteiger partial charge in [-0.3, -0.25) is 4.99 Å². The summed E-state index contributed by atoms with van der Waals surface area (Å²) >= 11 is 0. The molecule has 0 radical (unpaired) electrons. The fourth-order valence-corrected chi connectivity index (χ4v) is 3.70. The topological polar surface area (TPSA) is 71.0 Å². The van der Waals surface area contributed by atoms with Gasteiger partial charge < -0.3 is 25.0 Å². The summed E-state index contributed by atoms with van der Waals surface area (Å²) in [6.45, 7) is 10.1. The molecule has 0 amide bonds. The van der Waals surface area contributed by atoms with Crippen LogP contribution in [0, 0.1) is 0 Å². The Morgan fingerprint density at radius 3 is 2.50 bits per heavy atom. The summed E-state index contributed by atoms with van der Waals surface area (Å²) < 4.78 is 11.4. The number of guanidine groups is 1. The largest absolute Gasteiger partial charge is 0.490 e. The molecule has 0 bridgehead atoms. The third-order valence-corrected chi connectivity index (χ3v) is 5.34. The van der Waals surface area contributed by atoms with Gasteiger partial charge in [-0.25, -0.2) is 4.98 Å². The van der Waals surface area contributed by atoms with Gasteiger partial charge in [-0.2, -0.15) is 0 Å². The molecule has 32 heavy (non-hydrogen) atoms. The Morgan fingerprint density at radius 1 is 1.09 bits per heavy atom. The first kappa shape index (κ1) is 26.0. The van der Waals surface area contributed by atoms with Crippen LogP contribution in [0.15, 0.2) is 41.5 Å². The first-order valence-electron chi connectivity index (χ1n) is 11.2. The van der Waals surface area contributed by atoms with Gasteiger partial charge >= 0.3 is 0 Å². The predicted molar refractivity (Wildman–Crippen MR) is 142 cm³/mol. The van der Waals surface area contributed by atoms with E-state index in [0.29, 0.717) is 19.8 Å². The normalized spacial score (nSPS) is 14.5. The van der Waals surface area contributed by atoms with E-state index < -0.39 is 0 Å². The molecule has 0 spiro atoms. The molecule has 1 aliphatic rings. The number of rotatable bonds is 9. The molecular weight excluding hydrogens is 517 g/mol. The third kappa shape index (κ3) is 7.15. The molecule has 7 nitrogen and oxygen atoms in total. The molecule has 1 atom stereocenters. The smallest absolute Gasteiger partial charge is 0.191 e. The second kappa shape index (κ2) is 13.3. The van der Waals surface area contributed by atoms with Crippen LogP contribution < -0.4 is 25.0 Å². The Hall–Kier alpha value is -2.23. The Kier molecular flexibility index (Phi) is 10.9. The van der Waals surface area contributed by atoms with E-state index in [1.54, 1.807) is 7.05 Å². The van der Waals surface area contributed by atoms with Gasteiger partial charge in [0.25, 0.3) is 0 Å². The molecule has 0 saturated carbocycles. The number of halogens is 1. The lowest BCUT2D eigenvalue weighted by atomic mass is 10.1. The van der Waals surface area contributed by atoms with E-state index in [-0.39, 0.29) is 30.0 Å². The van der Waals surface area contributed by atoms with Gasteiger partial charge in [-0.05, 0) is 69.0 Å². The van der Waals surface area contributed by atoms with Gasteiger partial charge in [-0.1, -0.05) is 6.07 Å². The van der Waals surface area contributed by atoms with Crippen LogP contribution in [-0.4, -0.2) is 44.3 Å². The van der Waals surface area contributed by atoms with Crippen molar-refractivity contribution < 1.29 is 9.47 Å². The average molecular weight is 553 g/mol. The van der Waals surface area contributed by atoms with E-state index in [9.17, 15) is 0 Å². The van der Waals surface area contributed by atoms with Crippen molar-refractivity contribution in [2.75, 3.05) is 38.3 Å². The summed E-state index contributed by atoms with van der Waals surface area (Å²) in [5, 5.41) is 6.87. The molecule has 1 aliphatic heterocycles. The van der Waals surface area contributed by atoms with E-state index in [4.69, 9.17) is 9.47 Å². The Balaban J connectivity index is 0.00000363. The van der Waals surface area contributed by atoms with E-state index in [1.807, 2.05) is 38.2 Å². The lowest BCUT2D eigenvalue weighted by Crippen LogP contribution is -2.38. The first-order chi connectivity index (χ1) is 15.1. The number of pyridine rings is 1. The molecule has 1 unspecified atom stereocenters. The highest BCUT2D eigenvalue weighted by molar-refractivity contribution is 14.0. The van der Waals surface area contributed by atoms with Crippen molar-refractivity contribution >= 4 is 35.8 Å². The average Bonchev–Trinajstić information content (AvgIpc) is 3.33. The summed E-state index contributed by atoms with van der Waals surface area (Å²) in [5.74, 6) is 3.35. The van der Waals surface area contributed by atoms with Gasteiger partial charge in [0, 0.05) is 32.9 Å². The standard InChI is InChI=1S/C24H35N5O2.HI/c1-5-30-21-10-9-20(16-22(21)31-6-2)18(3)28-24(25-4)27-17-19-11-12-26-23(15-19)29-13-7-8-14-29;/h9-12,15-16,18H,5-8,13-14,17H2,1-4H3,(H2,25,27,28);1H. The summed E-state index contributed by atoms with van der Waals surface area (Å²) in [5.41, 5.74) is 2.29. The molecule has 176 valence electrons. The SMILES string of the molecule is CCOc1ccc(C(C)NC(=NC)NCc2ccnc(N3CCCC3)c2)cc1OCC.I. The van der Waals surface area contributed by atoms with Crippen LogP contribution >= 0.6 is 24.0 Å². The van der Waals surface area contributed by atoms with Gasteiger partial charge in [0.15, 0.2) is 17.5 Å². The van der Waals surface area contributed by atoms with Crippen LogP contribution in [0.25, 0.3) is 0 Å². The second-order valence-electron chi connectivity index (χ2n) is 7.58. The number of benzene rings is 1. The summed E-state index contributed by atoms with van der Waals surface area (Å²) in [7, 11) is 1.79. The van der Waals surface area contributed by atoms with Gasteiger partial charge in [0.05, 0.1) is 19.3 Å². The van der Waals surface area contributed by atoms with Crippen LogP contribution in [0.4, 0.5) is 5.82 Å². The number of aromatic nitrogens is 1. The van der Waals surface area contributed by atoms with Crippen molar-refractivity contribution in [2.45, 2.75) is 46.2 Å². The van der Waals surface area contributed by atoms with Gasteiger partial charge in [0.2, 0.25) is 0 Å². The fraction of sp³-hybridized carbons (Fsp3) is 0.500. The molecule has 1 aromatic heterocycles. The van der Waals surface area contributed by atoms with E-state index in [2.05, 4.69) is 44.6 Å². The Labute approximate surface area is 209 Å². The summed E-state index contributed by atoms with van der Waals surface area (Å²) in [4.78, 5) is 11.3. The Bertz CT molecular complexity index is 871. The minimum atomic E-state index is 0. The first-order valence-corrected chi connectivity index (χ1v) is 11.2. The fourth-order valence-electron chi connectivity index (χ4n) is 3.70. The maximum atomic E-state index is 5.76. The van der Waals surface area contributed by atoms with Crippen LogP contribution in [0.3, 0.4) is 0 Å². The molecule has 1 aromatic carbocycles. The van der Waals surface area contributed by atoms with E-state index in [1.165, 1.54) is 18.4 Å². The molecule has 1 saturated heterocycles. The van der Waals surface area contributed by atoms with Crippen LogP contribution in [0.1, 0.15) is 50.8 Å². The molecule has 2 aromatic rings. The van der Waals surface area contributed by atoms with Crippen molar-refractivity contribution in [1.82, 2.24) is 15.6 Å². The Morgan fingerprint density at radius 2 is 1.81 bits per heavy atom. The van der Waals surface area contributed by atoms with Crippen molar-refractivity contribution in [3.63, 3.8) is 0 Å². The van der Waals surface area contributed by atoms with Crippen LogP contribution in [0.5, 0.6) is 11.5 Å². The predicted octanol–water partition coefficient (Wildman–Crippen LogP) is 4.52. The minimum Gasteiger partial charge on any atom is -0.490 e. The molecule has 8 heteroatoms. The van der Waals surface area contributed by atoms with Gasteiger partial charge in [-0.15, -0.1) is 24.0 Å². The molecule has 3 rings (SSSR count). The monoisotopic (exact) mass is 553 g/mol. The molecule has 2 N–H and O–H groups in total. The third-order valence-electron chi connectivity index (χ3n) is 5.34. The maximum absolute atomic E-state index is 5.76. The number of nitrogens with zero attached hydrogens (tertiary/aromatic N) is 3. The zero-order valence-corrected chi connectivity index (χ0v) is 21.9. The van der Waals surface area contributed by atoms with Gasteiger partial charge in [0.1, 0.15) is 5.82 Å². The quantitative estimate of drug-likeness (QED) is 0.270. The number of hydrogen-bond donors (Lipinski definition) is 2. The van der Waals surface area contributed by atoms with E-state index in [0.717, 1.165) is 41.9 Å². The minimum absolute atomic E-state index is 0. The van der Waals surface area contributed by atoms with Crippen LogP contribution in [-0.2, 0) is 6.54 Å². The van der Waals surface area contributed by atoms with Crippen molar-refractivity contribution in [3.8, 4) is 11.5 Å². The highest BCUT2D eigenvalue weighted by Crippen LogP contribution is 2.30. The number of aliphatic imine (C=N–C) groups is 1. The molecule has 2 heterocycles. The molecule has 0 aliphatic carbocycles. The number of anilines is 1. The summed E-state index contributed by atoms with van der Waals surface area (Å²) in [6.07, 6.45) is 4.38. The molecule has 1 fully saturated rings. The van der Waals surface area contributed by atoms with Crippen molar-refractivity contribution in [2.24, 2.45) is 4.99 Å². The number of hydrogen-bond acceptors (Lipinski definition) is 5. The van der Waals surface area contributed by atoms with Crippen molar-refractivity contribution in [1.29, 1.82) is 0 Å². The summed E-state index contributed by atoms with van der Waals surface area (Å²) in [6, 6.07) is 10.3. The number of nitrogens with one attached hydrogen (secondary N) is 2. The maximum Gasteiger partial charge on any atom is 0.191 e.